The van der Waals surface area contributed by atoms with Gasteiger partial charge in [-0.05, 0) is 26.1 Å². The van der Waals surface area contributed by atoms with Crippen molar-refractivity contribution in [2.24, 2.45) is 0 Å². The molecule has 1 aromatic carbocycles. The Bertz CT molecular complexity index is 468. The van der Waals surface area contributed by atoms with E-state index in [1.54, 1.807) is 12.1 Å². The first-order chi connectivity index (χ1) is 9.61. The zero-order valence-electron chi connectivity index (χ0n) is 12.1. The number of piperazine rings is 1. The van der Waals surface area contributed by atoms with Gasteiger partial charge in [0.15, 0.2) is 5.78 Å². The normalized spacial score (nSPS) is 17.1. The van der Waals surface area contributed by atoms with Gasteiger partial charge < -0.3 is 14.7 Å². The fraction of sp³-hybridized carbons (Fsp3) is 0.533. The van der Waals surface area contributed by atoms with E-state index in [1.807, 2.05) is 6.92 Å². The first-order valence-electron chi connectivity index (χ1n) is 7.00. The molecule has 1 aliphatic rings. The number of carbonyl (C=O) groups excluding carboxylic acids is 1. The number of ketones is 1. The number of rotatable bonds is 5. The molecule has 1 aliphatic heterocycles. The summed E-state index contributed by atoms with van der Waals surface area (Å²) in [5.41, 5.74) is 0.299. The molecule has 0 bridgehead atoms. The van der Waals surface area contributed by atoms with Crippen molar-refractivity contribution in [3.63, 3.8) is 0 Å². The van der Waals surface area contributed by atoms with Crippen LogP contribution in [0.25, 0.3) is 0 Å². The van der Waals surface area contributed by atoms with Crippen molar-refractivity contribution in [1.29, 1.82) is 0 Å². The Labute approximate surface area is 119 Å². The summed E-state index contributed by atoms with van der Waals surface area (Å²) in [4.78, 5) is 16.8. The number of aromatic hydroxyl groups is 1. The Morgan fingerprint density at radius 1 is 1.30 bits per heavy atom. The zero-order chi connectivity index (χ0) is 14.5. The summed E-state index contributed by atoms with van der Waals surface area (Å²) in [6.07, 6.45) is 0. The average Bonchev–Trinajstić information content (AvgIpc) is 2.42. The average molecular weight is 278 g/mol. The van der Waals surface area contributed by atoms with Gasteiger partial charge >= 0.3 is 0 Å². The molecule has 0 unspecified atom stereocenters. The van der Waals surface area contributed by atoms with Gasteiger partial charge in [0.25, 0.3) is 0 Å². The Kier molecular flexibility index (Phi) is 4.98. The number of phenols is 1. The lowest BCUT2D eigenvalue weighted by atomic mass is 10.1. The molecule has 0 aromatic heterocycles. The van der Waals surface area contributed by atoms with E-state index in [2.05, 4.69) is 16.8 Å². The highest BCUT2D eigenvalue weighted by Gasteiger charge is 2.22. The number of Topliss-reactive ketones (excluding diaryl/α,β-unsaturated/α-hetero) is 1. The molecule has 1 heterocycles. The van der Waals surface area contributed by atoms with E-state index in [-0.39, 0.29) is 11.5 Å². The molecule has 0 radical (unpaired) electrons. The molecule has 2 rings (SSSR count). The van der Waals surface area contributed by atoms with Crippen LogP contribution in [0.15, 0.2) is 18.2 Å². The Morgan fingerprint density at radius 2 is 2.00 bits per heavy atom. The number of carbonyl (C=O) groups is 1. The molecule has 0 spiro atoms. The van der Waals surface area contributed by atoms with Crippen LogP contribution in [-0.4, -0.2) is 67.1 Å². The summed E-state index contributed by atoms with van der Waals surface area (Å²) in [6, 6.07) is 4.94. The van der Waals surface area contributed by atoms with E-state index in [1.165, 1.54) is 6.07 Å². The molecule has 0 aliphatic carbocycles. The number of nitrogens with zero attached hydrogens (tertiary/aromatic N) is 2. The summed E-state index contributed by atoms with van der Waals surface area (Å²) >= 11 is 0. The summed E-state index contributed by atoms with van der Waals surface area (Å²) in [5, 5.41) is 9.93. The number of phenolic OH excluding ortho intramolecular Hbond substituents is 1. The summed E-state index contributed by atoms with van der Waals surface area (Å²) in [5.74, 6) is 0.373. The van der Waals surface area contributed by atoms with Gasteiger partial charge in [0.2, 0.25) is 0 Å². The largest absolute Gasteiger partial charge is 0.507 e. The van der Waals surface area contributed by atoms with E-state index in [0.717, 1.165) is 26.2 Å². The molecule has 5 heteroatoms. The molecule has 20 heavy (non-hydrogen) atoms. The van der Waals surface area contributed by atoms with Crippen molar-refractivity contribution in [2.75, 3.05) is 46.4 Å². The molecule has 5 nitrogen and oxygen atoms in total. The molecule has 0 atom stereocenters. The lowest BCUT2D eigenvalue weighted by Gasteiger charge is -2.31. The predicted molar refractivity (Wildman–Crippen MR) is 77.5 cm³/mol. The molecular weight excluding hydrogens is 256 g/mol. The van der Waals surface area contributed by atoms with E-state index in [9.17, 15) is 9.90 Å². The lowest BCUT2D eigenvalue weighted by Crippen LogP contribution is -2.46. The fourth-order valence-electron chi connectivity index (χ4n) is 2.36. The van der Waals surface area contributed by atoms with Gasteiger partial charge in [-0.3, -0.25) is 9.69 Å². The van der Waals surface area contributed by atoms with Crippen molar-refractivity contribution < 1.29 is 14.6 Å². The van der Waals surface area contributed by atoms with Crippen molar-refractivity contribution >= 4 is 5.78 Å². The summed E-state index contributed by atoms with van der Waals surface area (Å²) in [7, 11) is 2.08. The van der Waals surface area contributed by atoms with Crippen molar-refractivity contribution in [3.8, 4) is 11.5 Å². The van der Waals surface area contributed by atoms with Crippen molar-refractivity contribution in [2.45, 2.75) is 6.92 Å². The predicted octanol–water partition coefficient (Wildman–Crippen LogP) is 1.22. The number of hydrogen-bond donors (Lipinski definition) is 1. The van der Waals surface area contributed by atoms with Crippen molar-refractivity contribution in [1.82, 2.24) is 9.80 Å². The van der Waals surface area contributed by atoms with Gasteiger partial charge in [-0.25, -0.2) is 0 Å². The number of benzene rings is 1. The SMILES string of the molecule is CCOc1cccc(O)c1C(=O)CN1CCN(C)CC1. The van der Waals surface area contributed by atoms with Crippen LogP contribution in [0.3, 0.4) is 0 Å². The van der Waals surface area contributed by atoms with E-state index in [4.69, 9.17) is 4.74 Å². The second kappa shape index (κ2) is 6.72. The van der Waals surface area contributed by atoms with Gasteiger partial charge in [-0.1, -0.05) is 6.07 Å². The monoisotopic (exact) mass is 278 g/mol. The van der Waals surface area contributed by atoms with Gasteiger partial charge in [0.05, 0.1) is 13.2 Å². The van der Waals surface area contributed by atoms with Crippen LogP contribution >= 0.6 is 0 Å². The smallest absolute Gasteiger partial charge is 0.184 e. The maximum Gasteiger partial charge on any atom is 0.184 e. The maximum atomic E-state index is 12.4. The van der Waals surface area contributed by atoms with Gasteiger partial charge in [0, 0.05) is 26.2 Å². The standard InChI is InChI=1S/C15H22N2O3/c1-3-20-14-6-4-5-12(18)15(14)13(19)11-17-9-7-16(2)8-10-17/h4-6,18H,3,7-11H2,1-2H3. The third-order valence-electron chi connectivity index (χ3n) is 3.55. The van der Waals surface area contributed by atoms with Gasteiger partial charge in [0.1, 0.15) is 17.1 Å². The quantitative estimate of drug-likeness (QED) is 0.821. The number of hydrogen-bond acceptors (Lipinski definition) is 5. The van der Waals surface area contributed by atoms with Crippen LogP contribution in [0.5, 0.6) is 11.5 Å². The fourth-order valence-corrected chi connectivity index (χ4v) is 2.36. The highest BCUT2D eigenvalue weighted by molar-refractivity contribution is 6.02. The molecule has 110 valence electrons. The highest BCUT2D eigenvalue weighted by Crippen LogP contribution is 2.28. The molecule has 0 amide bonds. The molecular formula is C15H22N2O3. The van der Waals surface area contributed by atoms with Crippen LogP contribution in [0.1, 0.15) is 17.3 Å². The van der Waals surface area contributed by atoms with Crippen LogP contribution in [0.2, 0.25) is 0 Å². The minimum Gasteiger partial charge on any atom is -0.507 e. The number of ether oxygens (including phenoxy) is 1. The second-order valence-corrected chi connectivity index (χ2v) is 5.09. The maximum absolute atomic E-state index is 12.4. The molecule has 1 N–H and O–H groups in total. The molecule has 1 fully saturated rings. The Balaban J connectivity index is 2.08. The number of likely N-dealkylation sites (N-methyl/N-ethyl adjacent to an activating group) is 1. The summed E-state index contributed by atoms with van der Waals surface area (Å²) < 4.78 is 5.44. The second-order valence-electron chi connectivity index (χ2n) is 5.09. The Morgan fingerprint density at radius 3 is 2.65 bits per heavy atom. The molecule has 1 aromatic rings. The minimum absolute atomic E-state index is 0.00456. The van der Waals surface area contributed by atoms with Crippen LogP contribution < -0.4 is 4.74 Å². The van der Waals surface area contributed by atoms with E-state index >= 15 is 0 Å². The van der Waals surface area contributed by atoms with Crippen LogP contribution in [0.4, 0.5) is 0 Å². The van der Waals surface area contributed by atoms with Crippen LogP contribution in [0, 0.1) is 0 Å². The lowest BCUT2D eigenvalue weighted by molar-refractivity contribution is 0.0870. The first kappa shape index (κ1) is 14.8. The Hall–Kier alpha value is -1.59. The molecule has 0 saturated carbocycles. The zero-order valence-corrected chi connectivity index (χ0v) is 12.1. The van der Waals surface area contributed by atoms with Crippen LogP contribution in [-0.2, 0) is 0 Å². The third kappa shape index (κ3) is 3.49. The van der Waals surface area contributed by atoms with Gasteiger partial charge in [-0.15, -0.1) is 0 Å². The molecule has 1 saturated heterocycles. The third-order valence-corrected chi connectivity index (χ3v) is 3.55. The first-order valence-corrected chi connectivity index (χ1v) is 7.00. The highest BCUT2D eigenvalue weighted by atomic mass is 16.5. The van der Waals surface area contributed by atoms with Crippen molar-refractivity contribution in [3.05, 3.63) is 23.8 Å². The van der Waals surface area contributed by atoms with Gasteiger partial charge in [-0.2, -0.15) is 0 Å². The van der Waals surface area contributed by atoms with E-state index < -0.39 is 0 Å². The van der Waals surface area contributed by atoms with E-state index in [0.29, 0.717) is 24.5 Å². The topological polar surface area (TPSA) is 53.0 Å². The summed E-state index contributed by atoms with van der Waals surface area (Å²) in [6.45, 7) is 6.33. The minimum atomic E-state index is -0.0869.